The quantitative estimate of drug-likeness (QED) is 0.917. The molecule has 0 bridgehead atoms. The van der Waals surface area contributed by atoms with Crippen LogP contribution in [0.2, 0.25) is 0 Å². The summed E-state index contributed by atoms with van der Waals surface area (Å²) >= 11 is 0. The van der Waals surface area contributed by atoms with Gasteiger partial charge in [0, 0.05) is 45.5 Å². The van der Waals surface area contributed by atoms with Gasteiger partial charge in [-0.15, -0.1) is 0 Å². The Morgan fingerprint density at radius 2 is 2.10 bits per heavy atom. The second-order valence-electron chi connectivity index (χ2n) is 6.60. The molecule has 3 heterocycles. The molecule has 0 aromatic carbocycles. The van der Waals surface area contributed by atoms with E-state index in [1.165, 1.54) is 5.69 Å². The SMILES string of the molecule is CC(C)n1cncc1CN1CCC2(CC1)CNC(=O)N2C. The summed E-state index contributed by atoms with van der Waals surface area (Å²) in [6.07, 6.45) is 5.96. The zero-order valence-electron chi connectivity index (χ0n) is 13.2. The molecule has 1 spiro atoms. The molecule has 3 rings (SSSR count). The zero-order chi connectivity index (χ0) is 15.0. The van der Waals surface area contributed by atoms with E-state index in [2.05, 4.69) is 33.6 Å². The fourth-order valence-electron chi connectivity index (χ4n) is 3.48. The minimum atomic E-state index is 0.0336. The van der Waals surface area contributed by atoms with E-state index in [0.29, 0.717) is 6.04 Å². The van der Waals surface area contributed by atoms with Crippen molar-refractivity contribution in [3.05, 3.63) is 18.2 Å². The second kappa shape index (κ2) is 5.33. The largest absolute Gasteiger partial charge is 0.336 e. The van der Waals surface area contributed by atoms with Crippen molar-refractivity contribution >= 4 is 6.03 Å². The highest BCUT2D eigenvalue weighted by atomic mass is 16.2. The van der Waals surface area contributed by atoms with Gasteiger partial charge in [0.1, 0.15) is 0 Å². The molecule has 0 atom stereocenters. The predicted octanol–water partition coefficient (Wildman–Crippen LogP) is 1.45. The summed E-state index contributed by atoms with van der Waals surface area (Å²) in [5, 5.41) is 2.97. The van der Waals surface area contributed by atoms with Gasteiger partial charge in [-0.05, 0) is 26.7 Å². The van der Waals surface area contributed by atoms with E-state index in [4.69, 9.17) is 0 Å². The lowest BCUT2D eigenvalue weighted by atomic mass is 9.87. The normalized spacial score (nSPS) is 22.3. The summed E-state index contributed by atoms with van der Waals surface area (Å²) in [5.74, 6) is 0. The molecule has 1 aromatic heterocycles. The van der Waals surface area contributed by atoms with Crippen LogP contribution in [0.15, 0.2) is 12.5 Å². The van der Waals surface area contributed by atoms with Crippen molar-refractivity contribution in [2.75, 3.05) is 26.7 Å². The van der Waals surface area contributed by atoms with Crippen LogP contribution in [0.4, 0.5) is 4.79 Å². The van der Waals surface area contributed by atoms with E-state index < -0.39 is 0 Å². The van der Waals surface area contributed by atoms with Gasteiger partial charge in [-0.3, -0.25) is 4.90 Å². The third-order valence-electron chi connectivity index (χ3n) is 5.06. The Bertz CT molecular complexity index is 516. The highest BCUT2D eigenvalue weighted by molar-refractivity contribution is 5.77. The molecule has 1 aromatic rings. The molecule has 21 heavy (non-hydrogen) atoms. The van der Waals surface area contributed by atoms with Crippen molar-refractivity contribution in [1.29, 1.82) is 0 Å². The number of carbonyl (C=O) groups is 1. The number of hydrogen-bond donors (Lipinski definition) is 1. The number of nitrogens with zero attached hydrogens (tertiary/aromatic N) is 4. The number of urea groups is 1. The maximum Gasteiger partial charge on any atom is 0.317 e. The number of amides is 2. The average Bonchev–Trinajstić information content (AvgIpc) is 3.03. The molecule has 2 aliphatic rings. The summed E-state index contributed by atoms with van der Waals surface area (Å²) < 4.78 is 2.23. The number of rotatable bonds is 3. The van der Waals surface area contributed by atoms with Crippen LogP contribution in [0.5, 0.6) is 0 Å². The van der Waals surface area contributed by atoms with E-state index in [0.717, 1.165) is 39.0 Å². The lowest BCUT2D eigenvalue weighted by Gasteiger charge is -2.42. The smallest absolute Gasteiger partial charge is 0.317 e. The minimum absolute atomic E-state index is 0.0336. The first-order valence-corrected chi connectivity index (χ1v) is 7.76. The van der Waals surface area contributed by atoms with E-state index >= 15 is 0 Å². The fourth-order valence-corrected chi connectivity index (χ4v) is 3.48. The molecule has 2 amide bonds. The number of aromatic nitrogens is 2. The Hall–Kier alpha value is -1.56. The summed E-state index contributed by atoms with van der Waals surface area (Å²) in [7, 11) is 1.92. The third-order valence-corrected chi connectivity index (χ3v) is 5.06. The molecule has 0 radical (unpaired) electrons. The first kappa shape index (κ1) is 14.4. The standard InChI is InChI=1S/C15H25N5O/c1-12(2)20-11-16-8-13(20)9-19-6-4-15(5-7-19)10-17-14(21)18(15)3/h8,11-12H,4-7,9-10H2,1-3H3,(H,17,21). The number of piperidine rings is 1. The van der Waals surface area contributed by atoms with Crippen LogP contribution in [0.1, 0.15) is 38.4 Å². The van der Waals surface area contributed by atoms with Gasteiger partial charge in [0.05, 0.1) is 17.6 Å². The number of hydrogen-bond acceptors (Lipinski definition) is 3. The number of nitrogens with one attached hydrogen (secondary N) is 1. The monoisotopic (exact) mass is 291 g/mol. The van der Waals surface area contributed by atoms with Crippen LogP contribution in [0.3, 0.4) is 0 Å². The molecular formula is C15H25N5O. The minimum Gasteiger partial charge on any atom is -0.336 e. The highest BCUT2D eigenvalue weighted by Gasteiger charge is 2.44. The van der Waals surface area contributed by atoms with E-state index in [1.807, 2.05) is 24.5 Å². The topological polar surface area (TPSA) is 53.4 Å². The first-order chi connectivity index (χ1) is 10.0. The molecule has 6 nitrogen and oxygen atoms in total. The Labute approximate surface area is 126 Å². The Morgan fingerprint density at radius 1 is 1.38 bits per heavy atom. The van der Waals surface area contributed by atoms with Crippen LogP contribution in [0, 0.1) is 0 Å². The van der Waals surface area contributed by atoms with Gasteiger partial charge in [-0.2, -0.15) is 0 Å². The summed E-state index contributed by atoms with van der Waals surface area (Å²) in [6.45, 7) is 8.16. The molecule has 116 valence electrons. The van der Waals surface area contributed by atoms with Crippen LogP contribution in [-0.2, 0) is 6.54 Å². The average molecular weight is 291 g/mol. The van der Waals surface area contributed by atoms with Crippen LogP contribution in [-0.4, -0.2) is 57.6 Å². The van der Waals surface area contributed by atoms with Gasteiger partial charge < -0.3 is 14.8 Å². The summed E-state index contributed by atoms with van der Waals surface area (Å²) in [6, 6.07) is 0.516. The maximum absolute atomic E-state index is 11.7. The molecule has 0 saturated carbocycles. The van der Waals surface area contributed by atoms with Crippen LogP contribution >= 0.6 is 0 Å². The van der Waals surface area contributed by atoms with Crippen LogP contribution < -0.4 is 5.32 Å². The molecule has 6 heteroatoms. The maximum atomic E-state index is 11.7. The number of likely N-dealkylation sites (N-methyl/N-ethyl adjacent to an activating group) is 1. The number of imidazole rings is 1. The van der Waals surface area contributed by atoms with Gasteiger partial charge in [-0.25, -0.2) is 9.78 Å². The van der Waals surface area contributed by atoms with Gasteiger partial charge in [0.15, 0.2) is 0 Å². The zero-order valence-corrected chi connectivity index (χ0v) is 13.2. The van der Waals surface area contributed by atoms with Crippen LogP contribution in [0.25, 0.3) is 0 Å². The lowest BCUT2D eigenvalue weighted by Crippen LogP contribution is -2.52. The third kappa shape index (κ3) is 2.52. The Morgan fingerprint density at radius 3 is 2.67 bits per heavy atom. The van der Waals surface area contributed by atoms with E-state index in [9.17, 15) is 4.79 Å². The molecular weight excluding hydrogens is 266 g/mol. The van der Waals surface area contributed by atoms with Crippen molar-refractivity contribution < 1.29 is 4.79 Å². The second-order valence-corrected chi connectivity index (χ2v) is 6.60. The molecule has 2 fully saturated rings. The highest BCUT2D eigenvalue weighted by Crippen LogP contribution is 2.31. The van der Waals surface area contributed by atoms with Gasteiger partial charge in [-0.1, -0.05) is 0 Å². The fraction of sp³-hybridized carbons (Fsp3) is 0.733. The van der Waals surface area contributed by atoms with Crippen molar-refractivity contribution in [3.8, 4) is 0 Å². The van der Waals surface area contributed by atoms with Crippen molar-refractivity contribution in [1.82, 2.24) is 24.7 Å². The molecule has 2 saturated heterocycles. The predicted molar refractivity (Wildman–Crippen MR) is 81.0 cm³/mol. The Balaban J connectivity index is 1.61. The first-order valence-electron chi connectivity index (χ1n) is 7.76. The summed E-state index contributed by atoms with van der Waals surface area (Å²) in [5.41, 5.74) is 1.31. The number of likely N-dealkylation sites (tertiary alicyclic amines) is 1. The van der Waals surface area contributed by atoms with Crippen molar-refractivity contribution in [2.24, 2.45) is 0 Å². The number of carbonyl (C=O) groups excluding carboxylic acids is 1. The van der Waals surface area contributed by atoms with Gasteiger partial charge >= 0.3 is 6.03 Å². The molecule has 1 N–H and O–H groups in total. The molecule has 0 unspecified atom stereocenters. The lowest BCUT2D eigenvalue weighted by molar-refractivity contribution is 0.0857. The van der Waals surface area contributed by atoms with E-state index in [-0.39, 0.29) is 11.6 Å². The van der Waals surface area contributed by atoms with E-state index in [1.54, 1.807) is 0 Å². The molecule has 0 aliphatic carbocycles. The van der Waals surface area contributed by atoms with Gasteiger partial charge in [0.2, 0.25) is 0 Å². The van der Waals surface area contributed by atoms with Gasteiger partial charge in [0.25, 0.3) is 0 Å². The summed E-state index contributed by atoms with van der Waals surface area (Å²) in [4.78, 5) is 20.3. The van der Waals surface area contributed by atoms with Crippen molar-refractivity contribution in [3.63, 3.8) is 0 Å². The Kier molecular flexibility index (Phi) is 3.65. The molecule has 2 aliphatic heterocycles. The van der Waals surface area contributed by atoms with Crippen molar-refractivity contribution in [2.45, 2.75) is 44.8 Å².